The van der Waals surface area contributed by atoms with Gasteiger partial charge in [0.15, 0.2) is 0 Å². The zero-order valence-electron chi connectivity index (χ0n) is 15.7. The Morgan fingerprint density at radius 1 is 1.03 bits per heavy atom. The van der Waals surface area contributed by atoms with Crippen molar-refractivity contribution < 1.29 is 4.79 Å². The number of nitrogens with zero attached hydrogens (tertiary/aromatic N) is 2. The number of fused-ring (bicyclic) bond motifs is 1. The Morgan fingerprint density at radius 3 is 2.45 bits per heavy atom. The zero-order valence-corrected chi connectivity index (χ0v) is 16.5. The van der Waals surface area contributed by atoms with Crippen LogP contribution in [0.1, 0.15) is 27.3 Å². The van der Waals surface area contributed by atoms with Crippen molar-refractivity contribution in [2.75, 3.05) is 7.05 Å². The molecule has 0 spiro atoms. The smallest absolute Gasteiger partial charge is 0.268 e. The Labute approximate surface area is 171 Å². The van der Waals surface area contributed by atoms with Gasteiger partial charge in [0.05, 0.1) is 12.1 Å². The molecular formula is C23H17N3O2S. The fourth-order valence-corrected chi connectivity index (χ4v) is 3.60. The molecule has 0 saturated heterocycles. The van der Waals surface area contributed by atoms with Gasteiger partial charge in [0, 0.05) is 23.7 Å². The maximum atomic E-state index is 12.7. The summed E-state index contributed by atoms with van der Waals surface area (Å²) in [5.41, 5.74) is 2.80. The van der Waals surface area contributed by atoms with Gasteiger partial charge in [-0.1, -0.05) is 30.0 Å². The van der Waals surface area contributed by atoms with Gasteiger partial charge in [-0.3, -0.25) is 9.59 Å². The zero-order chi connectivity index (χ0) is 20.2. The number of hydrogen-bond acceptors (Lipinski definition) is 4. The predicted octanol–water partition coefficient (Wildman–Crippen LogP) is 3.66. The summed E-state index contributed by atoms with van der Waals surface area (Å²) in [7, 11) is 1.68. The van der Waals surface area contributed by atoms with Crippen LogP contribution in [0.25, 0.3) is 10.2 Å². The van der Waals surface area contributed by atoms with E-state index in [1.54, 1.807) is 25.2 Å². The summed E-state index contributed by atoms with van der Waals surface area (Å²) in [6, 6.07) is 18.7. The van der Waals surface area contributed by atoms with Gasteiger partial charge in [-0.25, -0.2) is 4.98 Å². The van der Waals surface area contributed by atoms with E-state index in [0.29, 0.717) is 21.6 Å². The van der Waals surface area contributed by atoms with E-state index in [2.05, 4.69) is 21.8 Å². The van der Waals surface area contributed by atoms with Gasteiger partial charge in [-0.15, -0.1) is 11.3 Å². The van der Waals surface area contributed by atoms with Crippen LogP contribution in [-0.2, 0) is 6.54 Å². The lowest BCUT2D eigenvalue weighted by Crippen LogP contribution is -2.28. The summed E-state index contributed by atoms with van der Waals surface area (Å²) in [6.07, 6.45) is 0. The molecule has 2 heterocycles. The number of rotatable bonds is 3. The van der Waals surface area contributed by atoms with Gasteiger partial charge in [-0.05, 0) is 47.8 Å². The second kappa shape index (κ2) is 8.13. The number of thiophene rings is 1. The van der Waals surface area contributed by atoms with Crippen molar-refractivity contribution in [1.82, 2.24) is 14.9 Å². The largest absolute Gasteiger partial charge is 0.334 e. The Morgan fingerprint density at radius 2 is 1.72 bits per heavy atom. The van der Waals surface area contributed by atoms with E-state index in [-0.39, 0.29) is 18.0 Å². The first-order chi connectivity index (χ1) is 14.1. The van der Waals surface area contributed by atoms with Crippen LogP contribution in [0.5, 0.6) is 0 Å². The maximum absolute atomic E-state index is 12.7. The summed E-state index contributed by atoms with van der Waals surface area (Å²) in [6.45, 7) is 0.218. The molecule has 1 amide bonds. The van der Waals surface area contributed by atoms with E-state index in [9.17, 15) is 9.59 Å². The minimum atomic E-state index is -0.179. The molecule has 142 valence electrons. The van der Waals surface area contributed by atoms with Gasteiger partial charge in [0.2, 0.25) is 0 Å². The van der Waals surface area contributed by atoms with Crippen molar-refractivity contribution in [3.63, 3.8) is 0 Å². The number of aromatic amines is 1. The fourth-order valence-electron chi connectivity index (χ4n) is 2.88. The average molecular weight is 399 g/mol. The van der Waals surface area contributed by atoms with E-state index in [0.717, 1.165) is 11.1 Å². The van der Waals surface area contributed by atoms with Crippen molar-refractivity contribution in [2.24, 2.45) is 0 Å². The van der Waals surface area contributed by atoms with Crippen LogP contribution in [0, 0.1) is 11.8 Å². The number of carbonyl (C=O) groups is 1. The summed E-state index contributed by atoms with van der Waals surface area (Å²) < 4.78 is 0.593. The van der Waals surface area contributed by atoms with Gasteiger partial charge < -0.3 is 9.88 Å². The molecule has 0 fully saturated rings. The predicted molar refractivity (Wildman–Crippen MR) is 115 cm³/mol. The van der Waals surface area contributed by atoms with Crippen molar-refractivity contribution in [2.45, 2.75) is 6.54 Å². The molecule has 0 radical (unpaired) electrons. The van der Waals surface area contributed by atoms with E-state index < -0.39 is 0 Å². The first kappa shape index (κ1) is 18.7. The molecule has 2 aromatic carbocycles. The number of aromatic nitrogens is 2. The molecule has 0 atom stereocenters. The standard InChI is InChI=1S/C23H17N3O2S/c1-26(15-20-24-19-13-14-29-21(19)22(27)25-20)23(28)18-11-9-17(10-12-18)8-7-16-5-3-2-4-6-16/h2-6,9-14H,15H2,1H3,(H,24,25,27). The fraction of sp³-hybridized carbons (Fsp3) is 0.0870. The van der Waals surface area contributed by atoms with Crippen LogP contribution in [-0.4, -0.2) is 27.8 Å². The molecule has 0 bridgehead atoms. The first-order valence-electron chi connectivity index (χ1n) is 8.99. The summed E-state index contributed by atoms with van der Waals surface area (Å²) >= 11 is 1.35. The molecule has 0 aliphatic carbocycles. The third kappa shape index (κ3) is 4.26. The number of hydrogen-bond donors (Lipinski definition) is 1. The van der Waals surface area contributed by atoms with Crippen LogP contribution in [0.2, 0.25) is 0 Å². The summed E-state index contributed by atoms with van der Waals surface area (Å²) in [5.74, 6) is 6.50. The van der Waals surface area contributed by atoms with E-state index in [1.165, 1.54) is 16.2 Å². The molecule has 1 N–H and O–H groups in total. The van der Waals surface area contributed by atoms with E-state index in [4.69, 9.17) is 0 Å². The van der Waals surface area contributed by atoms with Crippen LogP contribution >= 0.6 is 11.3 Å². The minimum absolute atomic E-state index is 0.152. The normalized spacial score (nSPS) is 10.4. The quantitative estimate of drug-likeness (QED) is 0.535. The van der Waals surface area contributed by atoms with Crippen LogP contribution in [0.4, 0.5) is 0 Å². The summed E-state index contributed by atoms with van der Waals surface area (Å²) in [4.78, 5) is 33.5. The van der Waals surface area contributed by atoms with Crippen molar-refractivity contribution in [3.05, 3.63) is 98.9 Å². The minimum Gasteiger partial charge on any atom is -0.334 e. The number of H-pyrrole nitrogens is 1. The molecule has 2 aromatic heterocycles. The second-order valence-electron chi connectivity index (χ2n) is 6.50. The number of carbonyl (C=O) groups excluding carboxylic acids is 1. The molecule has 29 heavy (non-hydrogen) atoms. The van der Waals surface area contributed by atoms with Gasteiger partial charge in [0.25, 0.3) is 11.5 Å². The molecule has 0 aliphatic heterocycles. The third-order valence-electron chi connectivity index (χ3n) is 4.35. The number of amides is 1. The highest BCUT2D eigenvalue weighted by Crippen LogP contribution is 2.14. The molecule has 5 nitrogen and oxygen atoms in total. The van der Waals surface area contributed by atoms with Crippen molar-refractivity contribution >= 4 is 27.5 Å². The van der Waals surface area contributed by atoms with Crippen LogP contribution in [0.15, 0.2) is 70.8 Å². The monoisotopic (exact) mass is 399 g/mol. The molecule has 6 heteroatoms. The first-order valence-corrected chi connectivity index (χ1v) is 9.87. The van der Waals surface area contributed by atoms with Crippen LogP contribution < -0.4 is 5.56 Å². The third-order valence-corrected chi connectivity index (χ3v) is 5.26. The van der Waals surface area contributed by atoms with Gasteiger partial charge >= 0.3 is 0 Å². The highest BCUT2D eigenvalue weighted by molar-refractivity contribution is 7.17. The van der Waals surface area contributed by atoms with Crippen molar-refractivity contribution in [3.8, 4) is 11.8 Å². The Hall–Kier alpha value is -3.69. The Bertz CT molecular complexity index is 1280. The number of nitrogens with one attached hydrogen (secondary N) is 1. The highest BCUT2D eigenvalue weighted by Gasteiger charge is 2.14. The van der Waals surface area contributed by atoms with Crippen LogP contribution in [0.3, 0.4) is 0 Å². The van der Waals surface area contributed by atoms with Crippen molar-refractivity contribution in [1.29, 1.82) is 0 Å². The summed E-state index contributed by atoms with van der Waals surface area (Å²) in [5, 5.41) is 1.83. The SMILES string of the molecule is CN(Cc1nc2ccsc2c(=O)[nH]1)C(=O)c1ccc(C#Cc2ccccc2)cc1. The maximum Gasteiger partial charge on any atom is 0.268 e. The van der Waals surface area contributed by atoms with Gasteiger partial charge in [0.1, 0.15) is 10.5 Å². The number of benzene rings is 2. The molecule has 0 aliphatic rings. The lowest BCUT2D eigenvalue weighted by atomic mass is 10.1. The lowest BCUT2D eigenvalue weighted by molar-refractivity contribution is 0.0781. The highest BCUT2D eigenvalue weighted by atomic mass is 32.1. The second-order valence-corrected chi connectivity index (χ2v) is 7.42. The van der Waals surface area contributed by atoms with E-state index in [1.807, 2.05) is 47.8 Å². The Balaban J connectivity index is 1.47. The Kier molecular flexibility index (Phi) is 5.23. The molecule has 4 rings (SSSR count). The van der Waals surface area contributed by atoms with E-state index >= 15 is 0 Å². The molecule has 4 aromatic rings. The molecular weight excluding hydrogens is 382 g/mol. The topological polar surface area (TPSA) is 66.1 Å². The molecule has 0 saturated carbocycles. The lowest BCUT2D eigenvalue weighted by Gasteiger charge is -2.16. The average Bonchev–Trinajstić information content (AvgIpc) is 3.22. The molecule has 0 unspecified atom stereocenters. The van der Waals surface area contributed by atoms with Gasteiger partial charge in [-0.2, -0.15) is 0 Å².